The quantitative estimate of drug-likeness (QED) is 0.577. The van der Waals surface area contributed by atoms with Gasteiger partial charge in [0.2, 0.25) is 0 Å². The normalized spacial score (nSPS) is 8.75. The Kier molecular flexibility index (Phi) is 3.60. The minimum atomic E-state index is -0.635. The van der Waals surface area contributed by atoms with E-state index in [1.54, 1.807) is 7.05 Å². The van der Waals surface area contributed by atoms with Gasteiger partial charge in [-0.2, -0.15) is 0 Å². The van der Waals surface area contributed by atoms with Crippen LogP contribution in [-0.4, -0.2) is 29.9 Å². The van der Waals surface area contributed by atoms with Gasteiger partial charge in [0.05, 0.1) is 0 Å². The molecule has 0 bridgehead atoms. The lowest BCUT2D eigenvalue weighted by Crippen LogP contribution is -2.27. The second-order valence-electron chi connectivity index (χ2n) is 1.42. The van der Waals surface area contributed by atoms with Gasteiger partial charge in [0.1, 0.15) is 0 Å². The molecule has 0 spiro atoms. The molecule has 1 radical (unpaired) electrons. The van der Waals surface area contributed by atoms with Gasteiger partial charge >= 0.3 is 6.03 Å². The van der Waals surface area contributed by atoms with Crippen molar-refractivity contribution in [3.63, 3.8) is 0 Å². The van der Waals surface area contributed by atoms with Crippen LogP contribution in [0.4, 0.5) is 4.79 Å². The van der Waals surface area contributed by atoms with E-state index in [1.165, 1.54) is 4.90 Å². The third kappa shape index (κ3) is 2.85. The third-order valence-electron chi connectivity index (χ3n) is 0.767. The van der Waals surface area contributed by atoms with E-state index in [4.69, 9.17) is 5.73 Å². The van der Waals surface area contributed by atoms with Crippen LogP contribution in [0.15, 0.2) is 0 Å². The molecule has 0 atom stereocenters. The van der Waals surface area contributed by atoms with E-state index in [0.717, 1.165) is 5.33 Å². The number of nitrogens with zero attached hydrogens (tertiary/aromatic N) is 1. The van der Waals surface area contributed by atoms with Gasteiger partial charge in [-0.3, -0.25) is 0 Å². The highest BCUT2D eigenvalue weighted by Gasteiger charge is 1.99. The first-order valence-electron chi connectivity index (χ1n) is 2.21. The monoisotopic (exact) mass is 179 g/mol. The van der Waals surface area contributed by atoms with Crippen molar-refractivity contribution >= 4 is 22.0 Å². The molecule has 0 aliphatic rings. The van der Waals surface area contributed by atoms with Gasteiger partial charge in [-0.1, -0.05) is 15.9 Å². The molecular weight excluding hydrogens is 172 g/mol. The summed E-state index contributed by atoms with van der Waals surface area (Å²) in [6, 6.07) is -0.635. The van der Waals surface area contributed by atoms with Crippen molar-refractivity contribution in [3.05, 3.63) is 0 Å². The highest BCUT2D eigenvalue weighted by molar-refractivity contribution is 9.09. The Hall–Kier alpha value is -0.250. The van der Waals surface area contributed by atoms with Crippen LogP contribution in [-0.2, 0) is 0 Å². The number of carbonyl (C=O) groups is 1. The van der Waals surface area contributed by atoms with Crippen LogP contribution in [0.2, 0.25) is 0 Å². The van der Waals surface area contributed by atoms with Crippen molar-refractivity contribution in [2.24, 2.45) is 0 Å². The zero-order valence-electron chi connectivity index (χ0n) is 4.65. The maximum Gasteiger partial charge on any atom is 0.335 e. The molecule has 0 rings (SSSR count). The fraction of sp³-hybridized carbons (Fsp3) is 0.750. The summed E-state index contributed by atoms with van der Waals surface area (Å²) >= 11 is 3.14. The van der Waals surface area contributed by atoms with E-state index in [-0.39, 0.29) is 0 Å². The minimum absolute atomic E-state index is 0.600. The Morgan fingerprint density at radius 3 is 2.50 bits per heavy atom. The Bertz CT molecular complexity index is 86.1. The average Bonchev–Trinajstić information content (AvgIpc) is 1.67. The SMILES string of the molecule is CN(CCBr)C([NH])=O. The fourth-order valence-corrected chi connectivity index (χ4v) is 0.760. The number of hydrogen-bond donors (Lipinski definition) is 0. The van der Waals surface area contributed by atoms with Gasteiger partial charge in [0, 0.05) is 18.9 Å². The number of urea groups is 1. The molecule has 0 heterocycles. The van der Waals surface area contributed by atoms with Crippen molar-refractivity contribution in [3.8, 4) is 0 Å². The first kappa shape index (κ1) is 7.75. The standard InChI is InChI=1S/C4H8BrN2O/c1-7(3-2-5)4(6)8/h6H,2-3H2,1H3. The zero-order valence-corrected chi connectivity index (χ0v) is 6.23. The summed E-state index contributed by atoms with van der Waals surface area (Å²) in [5.74, 6) is 0. The minimum Gasteiger partial charge on any atom is -0.326 e. The molecule has 8 heavy (non-hydrogen) atoms. The number of hydrogen-bond acceptors (Lipinski definition) is 1. The smallest absolute Gasteiger partial charge is 0.326 e. The zero-order chi connectivity index (χ0) is 6.57. The molecule has 0 aromatic carbocycles. The van der Waals surface area contributed by atoms with E-state index < -0.39 is 6.03 Å². The van der Waals surface area contributed by atoms with Crippen molar-refractivity contribution < 1.29 is 4.79 Å². The number of nitrogens with one attached hydrogen (secondary N) is 1. The lowest BCUT2D eigenvalue weighted by Gasteiger charge is -2.09. The van der Waals surface area contributed by atoms with Gasteiger partial charge < -0.3 is 4.90 Å². The van der Waals surface area contributed by atoms with Gasteiger partial charge in [-0.15, -0.1) is 0 Å². The topological polar surface area (TPSA) is 44.1 Å². The van der Waals surface area contributed by atoms with Crippen LogP contribution in [0.3, 0.4) is 0 Å². The average molecular weight is 180 g/mol. The van der Waals surface area contributed by atoms with E-state index in [2.05, 4.69) is 15.9 Å². The second kappa shape index (κ2) is 3.72. The lowest BCUT2D eigenvalue weighted by molar-refractivity contribution is 0.219. The predicted octanol–water partition coefficient (Wildman–Crippen LogP) is 0.716. The molecule has 3 nitrogen and oxygen atoms in total. The van der Waals surface area contributed by atoms with Crippen molar-refractivity contribution in [1.82, 2.24) is 10.6 Å². The number of amides is 2. The van der Waals surface area contributed by atoms with Crippen LogP contribution in [0.5, 0.6) is 0 Å². The van der Waals surface area contributed by atoms with Gasteiger partial charge in [-0.05, 0) is 0 Å². The second-order valence-corrected chi connectivity index (χ2v) is 2.21. The highest BCUT2D eigenvalue weighted by Crippen LogP contribution is 1.85. The molecule has 2 amide bonds. The summed E-state index contributed by atoms with van der Waals surface area (Å²) in [7, 11) is 1.59. The summed E-state index contributed by atoms with van der Waals surface area (Å²) in [4.78, 5) is 11.4. The first-order valence-corrected chi connectivity index (χ1v) is 3.33. The molecule has 47 valence electrons. The maximum absolute atomic E-state index is 10.1. The molecule has 0 aliphatic heterocycles. The van der Waals surface area contributed by atoms with Crippen LogP contribution in [0.25, 0.3) is 0 Å². The van der Waals surface area contributed by atoms with Gasteiger partial charge in [0.15, 0.2) is 0 Å². The lowest BCUT2D eigenvalue weighted by atomic mass is 10.6. The van der Waals surface area contributed by atoms with Crippen LogP contribution < -0.4 is 5.73 Å². The Balaban J connectivity index is 3.32. The molecule has 0 fully saturated rings. The number of rotatable bonds is 2. The van der Waals surface area contributed by atoms with Crippen LogP contribution in [0.1, 0.15) is 0 Å². The summed E-state index contributed by atoms with van der Waals surface area (Å²) in [5.41, 5.74) is 6.55. The van der Waals surface area contributed by atoms with Crippen LogP contribution in [0, 0.1) is 0 Å². The van der Waals surface area contributed by atoms with Crippen molar-refractivity contribution in [1.29, 1.82) is 0 Å². The van der Waals surface area contributed by atoms with Gasteiger partial charge in [-0.25, -0.2) is 10.5 Å². The van der Waals surface area contributed by atoms with Gasteiger partial charge in [0.25, 0.3) is 0 Å². The Morgan fingerprint density at radius 2 is 2.38 bits per heavy atom. The van der Waals surface area contributed by atoms with E-state index in [9.17, 15) is 4.79 Å². The predicted molar refractivity (Wildman–Crippen MR) is 34.9 cm³/mol. The maximum atomic E-state index is 10.1. The first-order chi connectivity index (χ1) is 3.68. The molecule has 0 aromatic rings. The molecule has 0 saturated carbocycles. The Labute approximate surface area is 57.0 Å². The number of carbonyl (C=O) groups excluding carboxylic acids is 1. The fourth-order valence-electron chi connectivity index (χ4n) is 0.228. The summed E-state index contributed by atoms with van der Waals surface area (Å²) in [6.45, 7) is 0.600. The molecule has 4 heteroatoms. The van der Waals surface area contributed by atoms with Crippen molar-refractivity contribution in [2.75, 3.05) is 18.9 Å². The summed E-state index contributed by atoms with van der Waals surface area (Å²) in [6.07, 6.45) is 0. The van der Waals surface area contributed by atoms with E-state index in [1.807, 2.05) is 0 Å². The number of halogens is 1. The van der Waals surface area contributed by atoms with E-state index in [0.29, 0.717) is 6.54 Å². The Morgan fingerprint density at radius 1 is 1.88 bits per heavy atom. The molecule has 0 aromatic heterocycles. The largest absolute Gasteiger partial charge is 0.335 e. The van der Waals surface area contributed by atoms with Crippen LogP contribution >= 0.6 is 15.9 Å². The summed E-state index contributed by atoms with van der Waals surface area (Å²) in [5, 5.41) is 0.730. The number of alkyl halides is 1. The molecular formula is C4H8BrN2O. The molecule has 1 N–H and O–H groups in total. The summed E-state index contributed by atoms with van der Waals surface area (Å²) < 4.78 is 0. The van der Waals surface area contributed by atoms with E-state index >= 15 is 0 Å². The molecule has 0 unspecified atom stereocenters. The molecule has 0 aliphatic carbocycles. The third-order valence-corrected chi connectivity index (χ3v) is 1.12. The van der Waals surface area contributed by atoms with Crippen molar-refractivity contribution in [2.45, 2.75) is 0 Å². The molecule has 0 saturated heterocycles. The highest BCUT2D eigenvalue weighted by atomic mass is 79.9.